The number of rotatable bonds is 5. The first-order valence-corrected chi connectivity index (χ1v) is 6.35. The second-order valence-corrected chi connectivity index (χ2v) is 4.94. The van der Waals surface area contributed by atoms with Crippen LogP contribution in [0, 0.1) is 10.1 Å². The Bertz CT molecular complexity index is 567. The van der Waals surface area contributed by atoms with Gasteiger partial charge in [0.05, 0.1) is 22.7 Å². The summed E-state index contributed by atoms with van der Waals surface area (Å²) in [6.45, 7) is 3.19. The van der Waals surface area contributed by atoms with Gasteiger partial charge in [-0.25, -0.2) is 4.98 Å². The summed E-state index contributed by atoms with van der Waals surface area (Å²) in [5, 5.41) is 18.4. The van der Waals surface area contributed by atoms with Crippen LogP contribution in [0.15, 0.2) is 12.4 Å². The summed E-state index contributed by atoms with van der Waals surface area (Å²) in [4.78, 5) is 15.1. The van der Waals surface area contributed by atoms with E-state index in [0.717, 1.165) is 16.6 Å². The number of aromatic nitrogens is 3. The normalized spacial score (nSPS) is 10.6. The van der Waals surface area contributed by atoms with Crippen molar-refractivity contribution in [2.45, 2.75) is 13.5 Å². The van der Waals surface area contributed by atoms with Crippen molar-refractivity contribution in [3.63, 3.8) is 0 Å². The van der Waals surface area contributed by atoms with Crippen molar-refractivity contribution in [1.29, 1.82) is 0 Å². The van der Waals surface area contributed by atoms with Crippen molar-refractivity contribution in [2.24, 2.45) is 0 Å². The lowest BCUT2D eigenvalue weighted by Crippen LogP contribution is -1.99. The zero-order valence-corrected chi connectivity index (χ0v) is 11.0. The lowest BCUT2D eigenvalue weighted by Gasteiger charge is -1.94. The van der Waals surface area contributed by atoms with Gasteiger partial charge in [0.25, 0.3) is 0 Å². The minimum absolute atomic E-state index is 0.0384. The quantitative estimate of drug-likeness (QED) is 0.674. The van der Waals surface area contributed by atoms with Crippen molar-refractivity contribution >= 4 is 33.9 Å². The minimum Gasteiger partial charge on any atom is -0.362 e. The van der Waals surface area contributed by atoms with E-state index in [9.17, 15) is 10.1 Å². The number of thiazole rings is 1. The van der Waals surface area contributed by atoms with Gasteiger partial charge in [0.2, 0.25) is 0 Å². The fourth-order valence-electron chi connectivity index (χ4n) is 1.36. The molecule has 0 aromatic carbocycles. The van der Waals surface area contributed by atoms with Gasteiger partial charge in [-0.2, -0.15) is 4.68 Å². The van der Waals surface area contributed by atoms with Gasteiger partial charge in [0.15, 0.2) is 10.2 Å². The summed E-state index contributed by atoms with van der Waals surface area (Å²) in [7, 11) is 0. The molecule has 0 unspecified atom stereocenters. The molecular formula is C9H10ClN5O2S. The summed E-state index contributed by atoms with van der Waals surface area (Å²) in [6.07, 6.45) is 3.15. The Hall–Kier alpha value is -1.67. The molecule has 0 saturated heterocycles. The van der Waals surface area contributed by atoms with E-state index >= 15 is 0 Å². The summed E-state index contributed by atoms with van der Waals surface area (Å²) < 4.78 is 1.43. The van der Waals surface area contributed by atoms with Crippen LogP contribution in [-0.4, -0.2) is 26.2 Å². The molecule has 0 fully saturated rings. The van der Waals surface area contributed by atoms with Crippen LogP contribution in [0.4, 0.5) is 10.9 Å². The fourth-order valence-corrected chi connectivity index (χ4v) is 2.46. The average molecular weight is 288 g/mol. The highest BCUT2D eigenvalue weighted by Gasteiger charge is 2.19. The van der Waals surface area contributed by atoms with Gasteiger partial charge >= 0.3 is 5.82 Å². The van der Waals surface area contributed by atoms with E-state index in [1.165, 1.54) is 22.2 Å². The van der Waals surface area contributed by atoms with Gasteiger partial charge in [-0.15, -0.1) is 11.3 Å². The molecule has 0 aliphatic carbocycles. The highest BCUT2D eigenvalue weighted by molar-refractivity contribution is 7.15. The summed E-state index contributed by atoms with van der Waals surface area (Å²) in [5.41, 5.74) is 0. The zero-order chi connectivity index (χ0) is 13.1. The molecule has 2 aromatic heterocycles. The van der Waals surface area contributed by atoms with E-state index in [4.69, 9.17) is 11.6 Å². The molecule has 2 heterocycles. The first kappa shape index (κ1) is 12.8. The largest absolute Gasteiger partial charge is 0.408 e. The van der Waals surface area contributed by atoms with Crippen molar-refractivity contribution < 1.29 is 4.92 Å². The maximum absolute atomic E-state index is 10.6. The molecule has 96 valence electrons. The first-order chi connectivity index (χ1) is 8.60. The van der Waals surface area contributed by atoms with Crippen molar-refractivity contribution in [3.8, 4) is 0 Å². The highest BCUT2D eigenvalue weighted by atomic mass is 35.5. The van der Waals surface area contributed by atoms with Gasteiger partial charge in [0, 0.05) is 12.7 Å². The predicted octanol–water partition coefficient (Wildman–Crippen LogP) is 2.38. The van der Waals surface area contributed by atoms with Crippen molar-refractivity contribution in [1.82, 2.24) is 14.8 Å². The van der Waals surface area contributed by atoms with E-state index in [2.05, 4.69) is 15.4 Å². The van der Waals surface area contributed by atoms with Crippen LogP contribution in [0.3, 0.4) is 0 Å². The molecule has 7 nitrogen and oxygen atoms in total. The predicted molar refractivity (Wildman–Crippen MR) is 69.3 cm³/mol. The van der Waals surface area contributed by atoms with Gasteiger partial charge in [-0.1, -0.05) is 11.6 Å². The minimum atomic E-state index is -0.602. The third kappa shape index (κ3) is 2.77. The second-order valence-electron chi connectivity index (χ2n) is 3.42. The monoisotopic (exact) mass is 287 g/mol. The number of halogens is 1. The molecule has 0 amide bonds. The Labute approximate surface area is 112 Å². The molecule has 0 aliphatic heterocycles. The van der Waals surface area contributed by atoms with E-state index in [-0.39, 0.29) is 10.8 Å². The van der Waals surface area contributed by atoms with Crippen molar-refractivity contribution in [3.05, 3.63) is 32.4 Å². The smallest absolute Gasteiger partial charge is 0.362 e. The molecule has 0 aliphatic rings. The zero-order valence-electron chi connectivity index (χ0n) is 9.46. The van der Waals surface area contributed by atoms with Gasteiger partial charge in [-0.05, 0) is 11.8 Å². The Morgan fingerprint density at radius 2 is 2.44 bits per heavy atom. The lowest BCUT2D eigenvalue weighted by atomic mass is 10.5. The van der Waals surface area contributed by atoms with E-state index in [0.29, 0.717) is 6.54 Å². The third-order valence-corrected chi connectivity index (χ3v) is 3.28. The molecule has 2 aromatic rings. The van der Waals surface area contributed by atoms with Gasteiger partial charge in [-0.3, -0.25) is 0 Å². The van der Waals surface area contributed by atoms with Crippen LogP contribution in [0.1, 0.15) is 11.8 Å². The molecule has 0 atom stereocenters. The molecule has 9 heteroatoms. The summed E-state index contributed by atoms with van der Waals surface area (Å²) >= 11 is 7.19. The molecule has 0 bridgehead atoms. The topological polar surface area (TPSA) is 85.9 Å². The summed E-state index contributed by atoms with van der Waals surface area (Å²) in [6, 6.07) is 0. The van der Waals surface area contributed by atoms with Gasteiger partial charge in [0.1, 0.15) is 0 Å². The molecule has 2 rings (SSSR count). The van der Waals surface area contributed by atoms with Crippen molar-refractivity contribution in [2.75, 3.05) is 11.9 Å². The molecule has 1 N–H and O–H groups in total. The van der Waals surface area contributed by atoms with E-state index in [1.807, 2.05) is 6.92 Å². The number of nitro groups is 1. The molecule has 0 radical (unpaired) electrons. The maximum Gasteiger partial charge on any atom is 0.408 e. The van der Waals surface area contributed by atoms with Crippen LogP contribution < -0.4 is 5.32 Å². The number of hydrogen-bond acceptors (Lipinski definition) is 6. The Morgan fingerprint density at radius 3 is 3.06 bits per heavy atom. The molecule has 18 heavy (non-hydrogen) atoms. The Kier molecular flexibility index (Phi) is 3.78. The highest BCUT2D eigenvalue weighted by Crippen LogP contribution is 2.23. The SMILES string of the molecule is CCNc1ncc(Cn2cc(Cl)c([N+](=O)[O-])n2)s1. The lowest BCUT2D eigenvalue weighted by molar-refractivity contribution is -0.389. The second kappa shape index (κ2) is 5.32. The Morgan fingerprint density at radius 1 is 1.67 bits per heavy atom. The van der Waals surface area contributed by atoms with Crippen LogP contribution in [0.2, 0.25) is 5.02 Å². The Balaban J connectivity index is 2.13. The fraction of sp³-hybridized carbons (Fsp3) is 0.333. The molecule has 0 saturated carbocycles. The maximum atomic E-state index is 10.6. The molecular weight excluding hydrogens is 278 g/mol. The number of anilines is 1. The third-order valence-electron chi connectivity index (χ3n) is 2.07. The van der Waals surface area contributed by atoms with Crippen LogP contribution in [-0.2, 0) is 6.54 Å². The number of nitrogens with one attached hydrogen (secondary N) is 1. The van der Waals surface area contributed by atoms with E-state index < -0.39 is 4.92 Å². The standard InChI is InChI=1S/C9H10ClN5O2S/c1-2-11-9-12-3-6(18-9)4-14-5-7(10)8(13-14)15(16)17/h3,5H,2,4H2,1H3,(H,11,12). The van der Waals surface area contributed by atoms with Gasteiger partial charge < -0.3 is 15.4 Å². The first-order valence-electron chi connectivity index (χ1n) is 5.16. The summed E-state index contributed by atoms with van der Waals surface area (Å²) in [5.74, 6) is -0.326. The van der Waals surface area contributed by atoms with Crippen LogP contribution in [0.5, 0.6) is 0 Å². The van der Waals surface area contributed by atoms with Crippen LogP contribution in [0.25, 0.3) is 0 Å². The van der Waals surface area contributed by atoms with E-state index in [1.54, 1.807) is 6.20 Å². The molecule has 0 spiro atoms. The number of nitrogens with zero attached hydrogens (tertiary/aromatic N) is 4. The number of hydrogen-bond donors (Lipinski definition) is 1. The van der Waals surface area contributed by atoms with Crippen LogP contribution >= 0.6 is 22.9 Å². The average Bonchev–Trinajstić information content (AvgIpc) is 2.87.